The van der Waals surface area contributed by atoms with E-state index < -0.39 is 37.2 Å². The van der Waals surface area contributed by atoms with Gasteiger partial charge in [-0.25, -0.2) is 4.79 Å². The molecule has 3 heterocycles. The fourth-order valence-electron chi connectivity index (χ4n) is 3.51. The number of nitrogens with one attached hydrogen (secondary N) is 1. The number of aryl methyl sites for hydroxylation is 1. The Bertz CT molecular complexity index is 1180. The van der Waals surface area contributed by atoms with Gasteiger partial charge in [-0.15, -0.1) is 10.9 Å². The molecule has 2 N–H and O–H groups in total. The number of H-pyrrole nitrogens is 1. The number of ether oxygens (including phenoxy) is 1. The molecule has 4 radical (unpaired) electrons. The van der Waals surface area contributed by atoms with Crippen LogP contribution in [0.4, 0.5) is 0 Å². The van der Waals surface area contributed by atoms with Gasteiger partial charge in [0.1, 0.15) is 34.1 Å². The van der Waals surface area contributed by atoms with Gasteiger partial charge in [-0.05, 0) is 25.3 Å². The van der Waals surface area contributed by atoms with E-state index in [1.54, 1.807) is 6.07 Å². The van der Waals surface area contributed by atoms with Crippen molar-refractivity contribution in [3.8, 4) is 18.1 Å². The summed E-state index contributed by atoms with van der Waals surface area (Å²) in [6.07, 6.45) is 5.45. The summed E-state index contributed by atoms with van der Waals surface area (Å²) in [7, 11) is 8.34. The van der Waals surface area contributed by atoms with Crippen LogP contribution in [-0.4, -0.2) is 41.6 Å². The summed E-state index contributed by atoms with van der Waals surface area (Å²) in [6, 6.07) is 5.47. The van der Waals surface area contributed by atoms with Crippen molar-refractivity contribution < 1.29 is 23.2 Å². The molecule has 2 aromatic rings. The topological polar surface area (TPSA) is 112 Å². The third kappa shape index (κ3) is 4.22. The van der Waals surface area contributed by atoms with Crippen molar-refractivity contribution in [1.82, 2.24) is 9.55 Å². The summed E-state index contributed by atoms with van der Waals surface area (Å²) in [4.78, 5) is 36.7. The monoisotopic (exact) mass is 439 g/mol. The third-order valence-electron chi connectivity index (χ3n) is 5.09. The van der Waals surface area contributed by atoms with Gasteiger partial charge in [-0.3, -0.25) is 18.9 Å². The Morgan fingerprint density at radius 3 is 2.90 bits per heavy atom. The van der Waals surface area contributed by atoms with Crippen LogP contribution in [0.3, 0.4) is 0 Å². The van der Waals surface area contributed by atoms with Gasteiger partial charge in [0.25, 0.3) is 5.56 Å². The van der Waals surface area contributed by atoms with Crippen LogP contribution >= 0.6 is 8.17 Å². The highest BCUT2D eigenvalue weighted by atomic mass is 31.2. The van der Waals surface area contributed by atoms with Gasteiger partial charge >= 0.3 is 13.9 Å². The van der Waals surface area contributed by atoms with E-state index in [0.29, 0.717) is 18.6 Å². The summed E-state index contributed by atoms with van der Waals surface area (Å²) in [5.41, 5.74) is 0.177. The molecule has 9 nitrogen and oxygen atoms in total. The smallest absolute Gasteiger partial charge is 0.353 e. The van der Waals surface area contributed by atoms with Gasteiger partial charge in [0.2, 0.25) is 0 Å². The van der Waals surface area contributed by atoms with Crippen molar-refractivity contribution in [2.45, 2.75) is 44.1 Å². The number of rotatable bonds is 4. The Morgan fingerprint density at radius 2 is 2.16 bits per heavy atom. The van der Waals surface area contributed by atoms with Crippen LogP contribution in [0.2, 0.25) is 0 Å². The zero-order valence-corrected chi connectivity index (χ0v) is 17.5. The van der Waals surface area contributed by atoms with Crippen LogP contribution < -0.4 is 15.8 Å². The fourth-order valence-corrected chi connectivity index (χ4v) is 4.97. The molecule has 0 bridgehead atoms. The summed E-state index contributed by atoms with van der Waals surface area (Å²) < 4.78 is 23.5. The van der Waals surface area contributed by atoms with E-state index in [1.807, 2.05) is 19.1 Å². The van der Waals surface area contributed by atoms with Gasteiger partial charge in [0.15, 0.2) is 5.75 Å². The second kappa shape index (κ2) is 7.97. The molecule has 0 aliphatic carbocycles. The molecule has 3 atom stereocenters. The van der Waals surface area contributed by atoms with Crippen molar-refractivity contribution in [1.29, 1.82) is 0 Å². The van der Waals surface area contributed by atoms with Crippen molar-refractivity contribution in [3.05, 3.63) is 61.9 Å². The van der Waals surface area contributed by atoms with E-state index in [-0.39, 0.29) is 12.2 Å². The minimum Gasteiger partial charge on any atom is -0.353 e. The summed E-state index contributed by atoms with van der Waals surface area (Å²) >= 11 is 0. The Morgan fingerprint density at radius 1 is 1.39 bits per heavy atom. The Labute approximate surface area is 181 Å². The number of para-hydroxylation sites is 1. The first kappa shape index (κ1) is 21.9. The molecule has 2 aliphatic heterocycles. The van der Waals surface area contributed by atoms with Gasteiger partial charge in [-0.2, -0.15) is 9.42 Å². The molecular formula is C19H18B2N2O7P+. The van der Waals surface area contributed by atoms with Gasteiger partial charge in [-0.1, -0.05) is 24.1 Å². The SMILES string of the molecule is [B]C([B])(O[P+]1(O)OCc2cccc(C)c2O1)C1CCC(n2cc(C#C)c(=O)[nH]c2=O)O1. The first-order valence-corrected chi connectivity index (χ1v) is 10.9. The highest BCUT2D eigenvalue weighted by molar-refractivity contribution is 7.56. The van der Waals surface area contributed by atoms with Gasteiger partial charge in [0.05, 0.1) is 11.5 Å². The van der Waals surface area contributed by atoms with Crippen LogP contribution in [0.1, 0.15) is 35.8 Å². The average Bonchev–Trinajstić information content (AvgIpc) is 3.19. The van der Waals surface area contributed by atoms with Crippen LogP contribution in [0, 0.1) is 19.3 Å². The number of hydrogen-bond donors (Lipinski definition) is 2. The second-order valence-electron chi connectivity index (χ2n) is 7.35. The number of aromatic nitrogens is 2. The summed E-state index contributed by atoms with van der Waals surface area (Å²) in [5, 5.41) is -1.99. The molecular weight excluding hydrogens is 421 g/mol. The average molecular weight is 439 g/mol. The van der Waals surface area contributed by atoms with E-state index in [1.165, 1.54) is 6.20 Å². The lowest BCUT2D eigenvalue weighted by Crippen LogP contribution is -2.47. The molecule has 1 fully saturated rings. The van der Waals surface area contributed by atoms with Crippen molar-refractivity contribution >= 4 is 23.9 Å². The highest BCUT2D eigenvalue weighted by Gasteiger charge is 2.56. The zero-order valence-electron chi connectivity index (χ0n) is 16.6. The molecule has 156 valence electrons. The molecule has 1 aromatic carbocycles. The maximum absolute atomic E-state index is 12.2. The maximum atomic E-state index is 12.2. The number of terminal acetylenes is 1. The lowest BCUT2D eigenvalue weighted by Gasteiger charge is -2.33. The number of hydrogen-bond acceptors (Lipinski definition) is 7. The number of fused-ring (bicyclic) bond motifs is 1. The van der Waals surface area contributed by atoms with Crippen LogP contribution in [0.15, 0.2) is 34.0 Å². The molecule has 0 saturated carbocycles. The van der Waals surface area contributed by atoms with E-state index in [9.17, 15) is 14.5 Å². The van der Waals surface area contributed by atoms with Crippen molar-refractivity contribution in [2.24, 2.45) is 0 Å². The number of benzene rings is 1. The van der Waals surface area contributed by atoms with E-state index >= 15 is 0 Å². The van der Waals surface area contributed by atoms with Crippen LogP contribution in [0.25, 0.3) is 0 Å². The number of nitrogens with zero attached hydrogens (tertiary/aromatic N) is 1. The van der Waals surface area contributed by atoms with Crippen molar-refractivity contribution in [2.75, 3.05) is 0 Å². The molecule has 31 heavy (non-hydrogen) atoms. The molecule has 1 saturated heterocycles. The third-order valence-corrected chi connectivity index (χ3v) is 6.51. The molecule has 3 unspecified atom stereocenters. The Balaban J connectivity index is 1.51. The fraction of sp³-hybridized carbons (Fsp3) is 0.368. The summed E-state index contributed by atoms with van der Waals surface area (Å²) in [6.45, 7) is 1.89. The maximum Gasteiger partial charge on any atom is 0.618 e. The van der Waals surface area contributed by atoms with E-state index in [2.05, 4.69) is 10.9 Å². The summed E-state index contributed by atoms with van der Waals surface area (Å²) in [5.74, 6) is 2.66. The molecule has 0 spiro atoms. The minimum atomic E-state index is -3.89. The van der Waals surface area contributed by atoms with E-state index in [0.717, 1.165) is 15.7 Å². The first-order valence-electron chi connectivity index (χ1n) is 9.42. The molecule has 0 amide bonds. The molecule has 2 aliphatic rings. The predicted molar refractivity (Wildman–Crippen MR) is 113 cm³/mol. The molecule has 1 aromatic heterocycles. The molecule has 4 rings (SSSR count). The second-order valence-corrected chi connectivity index (χ2v) is 8.91. The normalized spacial score (nSPS) is 25.5. The standard InChI is InChI=1S/C19H17B2N2O7P/c1-3-12-9-23(18(25)22-17(12)24)15-8-7-14(28-15)19(20,21)30-31(26)27-10-13-6-4-5-11(2)16(13)29-31/h1,4-6,9,14-15,26H,7-8,10H2,2H3/p+1. The van der Waals surface area contributed by atoms with Crippen molar-refractivity contribution in [3.63, 3.8) is 0 Å². The number of aromatic amines is 1. The highest BCUT2D eigenvalue weighted by Crippen LogP contribution is 2.64. The lowest BCUT2D eigenvalue weighted by molar-refractivity contribution is -0.0561. The predicted octanol–water partition coefficient (Wildman–Crippen LogP) is 0.790. The van der Waals surface area contributed by atoms with Crippen LogP contribution in [-0.2, 0) is 20.4 Å². The van der Waals surface area contributed by atoms with Crippen LogP contribution in [0.5, 0.6) is 5.75 Å². The largest absolute Gasteiger partial charge is 0.618 e. The Hall–Kier alpha value is -2.34. The van der Waals surface area contributed by atoms with Gasteiger partial charge < -0.3 is 4.74 Å². The molecule has 12 heteroatoms. The van der Waals surface area contributed by atoms with Gasteiger partial charge in [0, 0.05) is 11.8 Å². The lowest BCUT2D eigenvalue weighted by atomic mass is 9.61. The quantitative estimate of drug-likeness (QED) is 0.412. The minimum absolute atomic E-state index is 0.0204. The van der Waals surface area contributed by atoms with E-state index in [4.69, 9.17) is 40.4 Å². The zero-order chi connectivity index (χ0) is 22.4. The first-order chi connectivity index (χ1) is 14.6. The Kier molecular flexibility index (Phi) is 5.63.